The number of hydrogen-bond acceptors (Lipinski definition) is 2. The van der Waals surface area contributed by atoms with Gasteiger partial charge in [0.15, 0.2) is 11.5 Å². The zero-order valence-electron chi connectivity index (χ0n) is 16.4. The molecule has 0 aliphatic rings. The van der Waals surface area contributed by atoms with Crippen molar-refractivity contribution in [2.45, 2.75) is 77.6 Å². The number of rotatable bonds is 14. The standard InChI is InChI=1S/C24H36O2/c1-2-3-4-5-6-7-8-9-10-11-12-13-14-15-16-17-18-22-19-20-23(25)24(26)21-22/h3-4,6-7,9-10,19-21,25-26H,2,5,8,11-18H2,1H3/b4-3-,7-6-,10-9-. The molecule has 0 heterocycles. The Morgan fingerprint density at radius 1 is 0.692 bits per heavy atom. The Balaban J connectivity index is 1.90. The Bertz CT molecular complexity index is 555. The van der Waals surface area contributed by atoms with Crippen LogP contribution in [-0.4, -0.2) is 10.2 Å². The zero-order chi connectivity index (χ0) is 18.9. The van der Waals surface area contributed by atoms with Crippen LogP contribution >= 0.6 is 0 Å². The summed E-state index contributed by atoms with van der Waals surface area (Å²) in [6, 6.07) is 5.12. The molecule has 1 aromatic rings. The van der Waals surface area contributed by atoms with Gasteiger partial charge in [0.2, 0.25) is 0 Å². The van der Waals surface area contributed by atoms with Gasteiger partial charge in [-0.3, -0.25) is 0 Å². The molecule has 26 heavy (non-hydrogen) atoms. The molecule has 1 rings (SSSR count). The minimum Gasteiger partial charge on any atom is -0.504 e. The fourth-order valence-electron chi connectivity index (χ4n) is 2.85. The maximum atomic E-state index is 9.47. The lowest BCUT2D eigenvalue weighted by atomic mass is 10.0. The molecule has 2 N–H and O–H groups in total. The average Bonchev–Trinajstić information content (AvgIpc) is 2.64. The van der Waals surface area contributed by atoms with Crippen molar-refractivity contribution in [2.75, 3.05) is 0 Å². The molecule has 0 bridgehead atoms. The first-order valence-electron chi connectivity index (χ1n) is 10.2. The van der Waals surface area contributed by atoms with Gasteiger partial charge in [-0.2, -0.15) is 0 Å². The number of unbranched alkanes of at least 4 members (excludes halogenated alkanes) is 6. The van der Waals surface area contributed by atoms with Gasteiger partial charge in [0.25, 0.3) is 0 Å². The van der Waals surface area contributed by atoms with Crippen LogP contribution in [0.2, 0.25) is 0 Å². The molecule has 0 aliphatic carbocycles. The van der Waals surface area contributed by atoms with E-state index in [0.717, 1.165) is 37.7 Å². The second kappa shape index (κ2) is 15.3. The van der Waals surface area contributed by atoms with E-state index in [-0.39, 0.29) is 11.5 Å². The summed E-state index contributed by atoms with van der Waals surface area (Å²) in [5, 5.41) is 18.8. The number of aromatic hydroxyl groups is 2. The van der Waals surface area contributed by atoms with E-state index in [2.05, 4.69) is 43.4 Å². The summed E-state index contributed by atoms with van der Waals surface area (Å²) in [6.07, 6.45) is 26.4. The second-order valence-electron chi connectivity index (χ2n) is 6.78. The highest BCUT2D eigenvalue weighted by Gasteiger charge is 2.00. The second-order valence-corrected chi connectivity index (χ2v) is 6.78. The Kier molecular flexibility index (Phi) is 13.0. The van der Waals surface area contributed by atoms with E-state index in [9.17, 15) is 10.2 Å². The number of hydrogen-bond donors (Lipinski definition) is 2. The summed E-state index contributed by atoms with van der Waals surface area (Å²) in [5.74, 6) is -0.0534. The summed E-state index contributed by atoms with van der Waals surface area (Å²) >= 11 is 0. The average molecular weight is 357 g/mol. The Hall–Kier alpha value is -1.96. The van der Waals surface area contributed by atoms with Crippen LogP contribution in [0.1, 0.15) is 76.7 Å². The van der Waals surface area contributed by atoms with Crippen molar-refractivity contribution in [2.24, 2.45) is 0 Å². The Labute approximate surface area is 160 Å². The molecule has 2 nitrogen and oxygen atoms in total. The van der Waals surface area contributed by atoms with E-state index in [1.165, 1.54) is 38.5 Å². The van der Waals surface area contributed by atoms with Crippen LogP contribution in [0.4, 0.5) is 0 Å². The number of allylic oxidation sites excluding steroid dienone is 6. The topological polar surface area (TPSA) is 40.5 Å². The van der Waals surface area contributed by atoms with Crippen molar-refractivity contribution in [1.82, 2.24) is 0 Å². The third kappa shape index (κ3) is 11.6. The third-order valence-electron chi connectivity index (χ3n) is 4.41. The van der Waals surface area contributed by atoms with Crippen molar-refractivity contribution < 1.29 is 10.2 Å². The van der Waals surface area contributed by atoms with Crippen LogP contribution in [0, 0.1) is 0 Å². The molecule has 0 saturated heterocycles. The fourth-order valence-corrected chi connectivity index (χ4v) is 2.85. The summed E-state index contributed by atoms with van der Waals surface area (Å²) in [4.78, 5) is 0. The van der Waals surface area contributed by atoms with Gasteiger partial charge in [0.05, 0.1) is 0 Å². The summed E-state index contributed by atoms with van der Waals surface area (Å²) in [6.45, 7) is 2.16. The van der Waals surface area contributed by atoms with Crippen LogP contribution in [0.3, 0.4) is 0 Å². The van der Waals surface area contributed by atoms with Crippen molar-refractivity contribution in [3.63, 3.8) is 0 Å². The fraction of sp³-hybridized carbons (Fsp3) is 0.500. The lowest BCUT2D eigenvalue weighted by molar-refractivity contribution is 0.403. The molecule has 2 heteroatoms. The van der Waals surface area contributed by atoms with Gasteiger partial charge in [-0.15, -0.1) is 0 Å². The molecule has 0 radical (unpaired) electrons. The molecule has 0 spiro atoms. The first-order valence-corrected chi connectivity index (χ1v) is 10.2. The quantitative estimate of drug-likeness (QED) is 0.210. The minimum absolute atomic E-state index is 0.0145. The van der Waals surface area contributed by atoms with Crippen molar-refractivity contribution in [3.8, 4) is 11.5 Å². The molecule has 0 amide bonds. The molecular weight excluding hydrogens is 320 g/mol. The number of benzene rings is 1. The first-order chi connectivity index (χ1) is 12.7. The maximum Gasteiger partial charge on any atom is 0.157 e. The van der Waals surface area contributed by atoms with Crippen molar-refractivity contribution in [1.29, 1.82) is 0 Å². The molecule has 1 aromatic carbocycles. The maximum absolute atomic E-state index is 9.47. The predicted molar refractivity (Wildman–Crippen MR) is 113 cm³/mol. The van der Waals surface area contributed by atoms with Gasteiger partial charge in [0, 0.05) is 0 Å². The molecule has 144 valence electrons. The van der Waals surface area contributed by atoms with Crippen LogP contribution < -0.4 is 0 Å². The molecule has 0 aromatic heterocycles. The highest BCUT2D eigenvalue weighted by atomic mass is 16.3. The van der Waals surface area contributed by atoms with E-state index in [1.807, 2.05) is 6.07 Å². The van der Waals surface area contributed by atoms with Crippen LogP contribution in [0.25, 0.3) is 0 Å². The van der Waals surface area contributed by atoms with Crippen molar-refractivity contribution in [3.05, 3.63) is 60.2 Å². The molecule has 0 aliphatic heterocycles. The van der Waals surface area contributed by atoms with Crippen LogP contribution in [0.5, 0.6) is 11.5 Å². The molecule has 0 unspecified atom stereocenters. The molecule has 0 fully saturated rings. The van der Waals surface area contributed by atoms with E-state index >= 15 is 0 Å². The lowest BCUT2D eigenvalue weighted by Gasteiger charge is -2.04. The Morgan fingerprint density at radius 2 is 1.31 bits per heavy atom. The summed E-state index contributed by atoms with van der Waals surface area (Å²) in [7, 11) is 0. The highest BCUT2D eigenvalue weighted by molar-refractivity contribution is 5.40. The molecule has 0 atom stereocenters. The van der Waals surface area contributed by atoms with E-state index in [1.54, 1.807) is 12.1 Å². The minimum atomic E-state index is -0.0389. The smallest absolute Gasteiger partial charge is 0.157 e. The normalized spacial score (nSPS) is 12.0. The van der Waals surface area contributed by atoms with E-state index in [4.69, 9.17) is 0 Å². The van der Waals surface area contributed by atoms with Crippen LogP contribution in [0.15, 0.2) is 54.7 Å². The number of aryl methyl sites for hydroxylation is 1. The summed E-state index contributed by atoms with van der Waals surface area (Å²) < 4.78 is 0. The van der Waals surface area contributed by atoms with Crippen molar-refractivity contribution >= 4 is 0 Å². The van der Waals surface area contributed by atoms with Crippen LogP contribution in [-0.2, 0) is 6.42 Å². The van der Waals surface area contributed by atoms with Gasteiger partial charge in [-0.25, -0.2) is 0 Å². The summed E-state index contributed by atoms with van der Waals surface area (Å²) in [5.41, 5.74) is 1.10. The Morgan fingerprint density at radius 3 is 2.00 bits per heavy atom. The molecule has 0 saturated carbocycles. The lowest BCUT2D eigenvalue weighted by Crippen LogP contribution is -1.86. The van der Waals surface area contributed by atoms with E-state index < -0.39 is 0 Å². The van der Waals surface area contributed by atoms with Gasteiger partial charge >= 0.3 is 0 Å². The van der Waals surface area contributed by atoms with E-state index in [0.29, 0.717) is 0 Å². The van der Waals surface area contributed by atoms with Gasteiger partial charge in [-0.05, 0) is 62.6 Å². The van der Waals surface area contributed by atoms with Gasteiger partial charge < -0.3 is 10.2 Å². The number of phenols is 2. The first kappa shape index (κ1) is 22.1. The monoisotopic (exact) mass is 356 g/mol. The third-order valence-corrected chi connectivity index (χ3v) is 4.41. The zero-order valence-corrected chi connectivity index (χ0v) is 16.4. The molecular formula is C24H36O2. The largest absolute Gasteiger partial charge is 0.504 e. The predicted octanol–water partition coefficient (Wildman–Crippen LogP) is 7.23. The van der Waals surface area contributed by atoms with Gasteiger partial charge in [-0.1, -0.05) is 75.1 Å². The SMILES string of the molecule is CC/C=C\C/C=C\C/C=C\CCCCCCCCc1ccc(O)c(O)c1. The highest BCUT2D eigenvalue weighted by Crippen LogP contribution is 2.25. The van der Waals surface area contributed by atoms with Gasteiger partial charge in [0.1, 0.15) is 0 Å². The number of phenolic OH excluding ortho intramolecular Hbond substituents is 2.